The predicted octanol–water partition coefficient (Wildman–Crippen LogP) is 4.43. The number of aliphatic hydroxyl groups excluding tert-OH is 1. The van der Waals surface area contributed by atoms with E-state index in [-0.39, 0.29) is 36.5 Å². The van der Waals surface area contributed by atoms with E-state index in [1.54, 1.807) is 19.2 Å². The van der Waals surface area contributed by atoms with E-state index < -0.39 is 46.8 Å². The molecule has 2 aromatic heterocycles. The van der Waals surface area contributed by atoms with E-state index in [2.05, 4.69) is 15.3 Å². The Kier molecular flexibility index (Phi) is 9.16. The Labute approximate surface area is 224 Å². The Hall–Kier alpha value is -3.54. The van der Waals surface area contributed by atoms with Crippen molar-refractivity contribution in [2.75, 3.05) is 25.1 Å². The molecule has 208 valence electrons. The van der Waals surface area contributed by atoms with Crippen LogP contribution in [0.3, 0.4) is 0 Å². The molecular weight excluding hydrogens is 513 g/mol. The molecule has 0 saturated heterocycles. The SMILES string of the molecule is CCOCCOc1cc(F)c(-c2nc(C(=O)Nc3cnccc3[C@H]3C[C@@H](N)[C@H](O)[C@@H](C)C3)ccc2F)c(F)c1. The number of pyridine rings is 2. The number of rotatable bonds is 9. The second-order valence-electron chi connectivity index (χ2n) is 9.55. The number of ether oxygens (including phenoxy) is 2. The average Bonchev–Trinajstić information content (AvgIpc) is 2.90. The zero-order valence-electron chi connectivity index (χ0n) is 21.7. The summed E-state index contributed by atoms with van der Waals surface area (Å²) >= 11 is 0. The molecule has 0 bridgehead atoms. The topological polar surface area (TPSA) is 120 Å². The van der Waals surface area contributed by atoms with Crippen LogP contribution in [0.25, 0.3) is 11.3 Å². The molecule has 0 unspecified atom stereocenters. The summed E-state index contributed by atoms with van der Waals surface area (Å²) in [7, 11) is 0. The van der Waals surface area contributed by atoms with Crippen molar-refractivity contribution in [2.45, 2.75) is 44.8 Å². The van der Waals surface area contributed by atoms with Crippen molar-refractivity contribution in [2.24, 2.45) is 11.7 Å². The van der Waals surface area contributed by atoms with Crippen LogP contribution in [0, 0.1) is 23.4 Å². The molecule has 0 aliphatic heterocycles. The Bertz CT molecular complexity index is 1290. The Balaban J connectivity index is 1.57. The van der Waals surface area contributed by atoms with Crippen molar-refractivity contribution in [3.05, 3.63) is 71.4 Å². The monoisotopic (exact) mass is 544 g/mol. The highest BCUT2D eigenvalue weighted by atomic mass is 19.1. The van der Waals surface area contributed by atoms with Gasteiger partial charge in [0.2, 0.25) is 0 Å². The molecule has 4 rings (SSSR count). The Morgan fingerprint density at radius 1 is 1.13 bits per heavy atom. The van der Waals surface area contributed by atoms with Gasteiger partial charge in [-0.15, -0.1) is 0 Å². The molecule has 39 heavy (non-hydrogen) atoms. The molecule has 8 nitrogen and oxygen atoms in total. The van der Waals surface area contributed by atoms with E-state index in [4.69, 9.17) is 15.2 Å². The molecule has 1 aliphatic rings. The third kappa shape index (κ3) is 6.55. The van der Waals surface area contributed by atoms with Crippen LogP contribution in [0.1, 0.15) is 48.7 Å². The average molecular weight is 545 g/mol. The number of nitrogens with zero attached hydrogens (tertiary/aromatic N) is 2. The first-order valence-corrected chi connectivity index (χ1v) is 12.7. The van der Waals surface area contributed by atoms with Gasteiger partial charge in [0.25, 0.3) is 5.91 Å². The number of nitrogens with one attached hydrogen (secondary N) is 1. The van der Waals surface area contributed by atoms with Crippen LogP contribution in [0.4, 0.5) is 18.9 Å². The highest BCUT2D eigenvalue weighted by Gasteiger charge is 2.34. The molecule has 1 amide bonds. The molecule has 0 spiro atoms. The summed E-state index contributed by atoms with van der Waals surface area (Å²) in [4.78, 5) is 21.2. The van der Waals surface area contributed by atoms with Crippen LogP contribution in [0.15, 0.2) is 42.7 Å². The molecule has 1 saturated carbocycles. The minimum absolute atomic E-state index is 0.0362. The second kappa shape index (κ2) is 12.5. The van der Waals surface area contributed by atoms with Crippen LogP contribution in [0.2, 0.25) is 0 Å². The summed E-state index contributed by atoms with van der Waals surface area (Å²) in [6.07, 6.45) is 3.63. The number of halogens is 3. The van der Waals surface area contributed by atoms with Gasteiger partial charge in [0.1, 0.15) is 41.2 Å². The fraction of sp³-hybridized carbons (Fsp3) is 0.393. The van der Waals surface area contributed by atoms with Crippen LogP contribution in [-0.4, -0.2) is 52.9 Å². The fourth-order valence-electron chi connectivity index (χ4n) is 4.85. The lowest BCUT2D eigenvalue weighted by Gasteiger charge is -2.36. The summed E-state index contributed by atoms with van der Waals surface area (Å²) in [5.74, 6) is -4.06. The lowest BCUT2D eigenvalue weighted by atomic mass is 9.74. The van der Waals surface area contributed by atoms with Gasteiger partial charge in [-0.1, -0.05) is 6.92 Å². The van der Waals surface area contributed by atoms with E-state index in [0.717, 1.165) is 29.8 Å². The number of nitrogens with two attached hydrogens (primary N) is 1. The van der Waals surface area contributed by atoms with Crippen LogP contribution in [0.5, 0.6) is 5.75 Å². The highest BCUT2D eigenvalue weighted by Crippen LogP contribution is 2.38. The van der Waals surface area contributed by atoms with E-state index in [1.807, 2.05) is 6.92 Å². The van der Waals surface area contributed by atoms with Gasteiger partial charge in [-0.25, -0.2) is 18.2 Å². The summed E-state index contributed by atoms with van der Waals surface area (Å²) in [6.45, 7) is 4.51. The van der Waals surface area contributed by atoms with Crippen molar-refractivity contribution in [1.29, 1.82) is 0 Å². The third-order valence-corrected chi connectivity index (χ3v) is 6.81. The van der Waals surface area contributed by atoms with Crippen molar-refractivity contribution < 1.29 is 32.5 Å². The minimum atomic E-state index is -1.09. The molecule has 1 fully saturated rings. The molecule has 0 radical (unpaired) electrons. The van der Waals surface area contributed by atoms with Gasteiger partial charge in [-0.3, -0.25) is 9.78 Å². The van der Waals surface area contributed by atoms with Gasteiger partial charge in [0.05, 0.1) is 30.2 Å². The number of anilines is 1. The molecule has 1 aromatic carbocycles. The molecule has 3 aromatic rings. The lowest BCUT2D eigenvalue weighted by molar-refractivity contribution is 0.0521. The van der Waals surface area contributed by atoms with Gasteiger partial charge in [-0.2, -0.15) is 0 Å². The number of aromatic nitrogens is 2. The quantitative estimate of drug-likeness (QED) is 0.341. The first-order valence-electron chi connectivity index (χ1n) is 12.7. The van der Waals surface area contributed by atoms with Crippen molar-refractivity contribution in [1.82, 2.24) is 9.97 Å². The number of carbonyl (C=O) groups is 1. The van der Waals surface area contributed by atoms with E-state index >= 15 is 0 Å². The van der Waals surface area contributed by atoms with Crippen LogP contribution < -0.4 is 15.8 Å². The van der Waals surface area contributed by atoms with Crippen LogP contribution >= 0.6 is 0 Å². The number of amides is 1. The normalized spacial score (nSPS) is 21.0. The fourth-order valence-corrected chi connectivity index (χ4v) is 4.85. The summed E-state index contributed by atoms with van der Waals surface area (Å²) in [6, 6.07) is 5.25. The maximum absolute atomic E-state index is 14.9. The second-order valence-corrected chi connectivity index (χ2v) is 9.55. The molecule has 4 atom stereocenters. The van der Waals surface area contributed by atoms with Gasteiger partial charge in [-0.05, 0) is 55.4 Å². The van der Waals surface area contributed by atoms with Gasteiger partial charge < -0.3 is 25.6 Å². The molecular formula is C28H31F3N4O4. The standard InChI is InChI=1S/C28H31F3N4O4/c1-3-38-8-9-39-17-12-20(30)25(21(31)13-17)26-19(29)4-5-23(34-26)28(37)35-24-14-33-7-6-18(24)16-10-15(2)27(36)22(32)11-16/h4-7,12-16,22,27,36H,3,8-11,32H2,1-2H3,(H,35,37)/t15-,16+,22+,27+/m0/s1. The summed E-state index contributed by atoms with van der Waals surface area (Å²) < 4.78 is 54.9. The zero-order chi connectivity index (χ0) is 28.1. The molecule has 4 N–H and O–H groups in total. The van der Waals surface area contributed by atoms with Crippen molar-refractivity contribution >= 4 is 11.6 Å². The first kappa shape index (κ1) is 28.5. The predicted molar refractivity (Wildman–Crippen MR) is 139 cm³/mol. The van der Waals surface area contributed by atoms with Crippen molar-refractivity contribution in [3.8, 4) is 17.0 Å². The Morgan fingerprint density at radius 2 is 1.87 bits per heavy atom. The maximum atomic E-state index is 14.9. The van der Waals surface area contributed by atoms with Gasteiger partial charge >= 0.3 is 0 Å². The minimum Gasteiger partial charge on any atom is -0.491 e. The first-order chi connectivity index (χ1) is 18.7. The number of carbonyl (C=O) groups excluding carboxylic acids is 1. The van der Waals surface area contributed by atoms with Crippen molar-refractivity contribution in [3.63, 3.8) is 0 Å². The van der Waals surface area contributed by atoms with Gasteiger partial charge in [0, 0.05) is 31.0 Å². The van der Waals surface area contributed by atoms with Crippen LogP contribution in [-0.2, 0) is 4.74 Å². The third-order valence-electron chi connectivity index (χ3n) is 6.81. The summed E-state index contributed by atoms with van der Waals surface area (Å²) in [5, 5.41) is 12.9. The highest BCUT2D eigenvalue weighted by molar-refractivity contribution is 6.03. The largest absolute Gasteiger partial charge is 0.491 e. The molecule has 2 heterocycles. The number of hydrogen-bond donors (Lipinski definition) is 3. The smallest absolute Gasteiger partial charge is 0.274 e. The van der Waals surface area contributed by atoms with E-state index in [1.165, 1.54) is 6.20 Å². The number of aliphatic hydroxyl groups is 1. The lowest BCUT2D eigenvalue weighted by Crippen LogP contribution is -2.44. The van der Waals surface area contributed by atoms with E-state index in [9.17, 15) is 23.1 Å². The summed E-state index contributed by atoms with van der Waals surface area (Å²) in [5.41, 5.74) is 5.70. The number of hydrogen-bond acceptors (Lipinski definition) is 7. The zero-order valence-corrected chi connectivity index (χ0v) is 21.7. The maximum Gasteiger partial charge on any atom is 0.274 e. The Morgan fingerprint density at radius 3 is 2.56 bits per heavy atom. The number of benzene rings is 1. The van der Waals surface area contributed by atoms with Gasteiger partial charge in [0.15, 0.2) is 0 Å². The molecule has 1 aliphatic carbocycles. The van der Waals surface area contributed by atoms with E-state index in [0.29, 0.717) is 25.1 Å². The molecule has 11 heteroatoms.